The second-order valence-corrected chi connectivity index (χ2v) is 10.8. The van der Waals surface area contributed by atoms with E-state index in [2.05, 4.69) is 24.1 Å². The highest BCUT2D eigenvalue weighted by molar-refractivity contribution is 5.90. The fourth-order valence-corrected chi connectivity index (χ4v) is 4.45. The number of piperazine rings is 2. The predicted molar refractivity (Wildman–Crippen MR) is 117 cm³/mol. The van der Waals surface area contributed by atoms with E-state index >= 15 is 0 Å². The molecule has 2 heterocycles. The molecule has 0 aromatic heterocycles. The Morgan fingerprint density at radius 1 is 0.967 bits per heavy atom. The molecule has 172 valence electrons. The zero-order chi connectivity index (χ0) is 23.7. The summed E-state index contributed by atoms with van der Waals surface area (Å²) in [5, 5.41) is 3.28. The van der Waals surface area contributed by atoms with E-state index in [1.54, 1.807) is 9.80 Å². The van der Waals surface area contributed by atoms with Gasteiger partial charge in [-0.25, -0.2) is 0 Å². The van der Waals surface area contributed by atoms with Crippen molar-refractivity contribution in [1.82, 2.24) is 20.0 Å². The van der Waals surface area contributed by atoms with Crippen molar-refractivity contribution >= 4 is 23.9 Å². The molecule has 8 nitrogen and oxygen atoms in total. The minimum Gasteiger partial charge on any atom is -0.332 e. The van der Waals surface area contributed by atoms with Gasteiger partial charge in [0.15, 0.2) is 0 Å². The number of likely N-dealkylation sites (N-methyl/N-ethyl adjacent to an activating group) is 1. The maximum atomic E-state index is 12.1. The third-order valence-corrected chi connectivity index (χ3v) is 5.90. The number of nitrogens with one attached hydrogen (secondary N) is 1. The minimum absolute atomic E-state index is 0.00275. The van der Waals surface area contributed by atoms with Crippen molar-refractivity contribution < 1.29 is 19.2 Å². The van der Waals surface area contributed by atoms with Crippen LogP contribution in [0.2, 0.25) is 0 Å². The minimum atomic E-state index is -0.586. The van der Waals surface area contributed by atoms with Crippen molar-refractivity contribution in [2.75, 3.05) is 33.2 Å². The summed E-state index contributed by atoms with van der Waals surface area (Å²) in [4.78, 5) is 51.0. The summed E-state index contributed by atoms with van der Waals surface area (Å²) < 4.78 is 0. The van der Waals surface area contributed by atoms with E-state index in [1.165, 1.54) is 6.92 Å². The van der Waals surface area contributed by atoms with Crippen LogP contribution in [0.5, 0.6) is 0 Å². The Labute approximate surface area is 181 Å². The Balaban J connectivity index is 0.000000300. The summed E-state index contributed by atoms with van der Waals surface area (Å²) in [6.07, 6.45) is 0.787. The number of nitrogens with zero attached hydrogens (tertiary/aromatic N) is 3. The van der Waals surface area contributed by atoms with Crippen molar-refractivity contribution in [1.29, 1.82) is 0 Å². The van der Waals surface area contributed by atoms with Crippen molar-refractivity contribution in [2.24, 2.45) is 0 Å². The molecule has 0 spiro atoms. The topological polar surface area (TPSA) is 90.0 Å². The lowest BCUT2D eigenvalue weighted by atomic mass is 9.88. The summed E-state index contributed by atoms with van der Waals surface area (Å²) in [6, 6.07) is 0. The molecule has 0 saturated carbocycles. The third-order valence-electron chi connectivity index (χ3n) is 5.90. The van der Waals surface area contributed by atoms with Crippen LogP contribution in [0.25, 0.3) is 0 Å². The first-order chi connectivity index (χ1) is 13.4. The molecule has 0 bridgehead atoms. The highest BCUT2D eigenvalue weighted by Gasteiger charge is 2.48. The largest absolute Gasteiger partial charge is 0.332 e. The second-order valence-electron chi connectivity index (χ2n) is 10.8. The quantitative estimate of drug-likeness (QED) is 0.680. The molecule has 0 atom stereocenters. The first kappa shape index (κ1) is 26.2. The monoisotopic (exact) mass is 424 g/mol. The lowest BCUT2D eigenvalue weighted by Gasteiger charge is -2.53. The Morgan fingerprint density at radius 2 is 1.50 bits per heavy atom. The van der Waals surface area contributed by atoms with Gasteiger partial charge < -0.3 is 14.6 Å². The number of carbonyl (C=O) groups is 4. The van der Waals surface area contributed by atoms with Gasteiger partial charge in [-0.3, -0.25) is 24.6 Å². The second kappa shape index (κ2) is 8.75. The van der Waals surface area contributed by atoms with Crippen molar-refractivity contribution in [3.8, 4) is 0 Å². The van der Waals surface area contributed by atoms with E-state index in [1.807, 2.05) is 48.6 Å². The molecular formula is C22H40N4O4. The molecule has 2 amide bonds. The van der Waals surface area contributed by atoms with Gasteiger partial charge in [0, 0.05) is 24.2 Å². The highest BCUT2D eigenvalue weighted by atomic mass is 16.2. The maximum absolute atomic E-state index is 12.1. The van der Waals surface area contributed by atoms with Gasteiger partial charge >= 0.3 is 0 Å². The van der Waals surface area contributed by atoms with Gasteiger partial charge in [0.25, 0.3) is 0 Å². The van der Waals surface area contributed by atoms with Gasteiger partial charge in [-0.15, -0.1) is 0 Å². The van der Waals surface area contributed by atoms with Crippen LogP contribution in [0.4, 0.5) is 0 Å². The highest BCUT2D eigenvalue weighted by Crippen LogP contribution is 2.31. The number of amides is 2. The summed E-state index contributed by atoms with van der Waals surface area (Å²) in [5.74, 6) is 0.0466. The number of rotatable bonds is 4. The molecule has 2 aliphatic heterocycles. The van der Waals surface area contributed by atoms with Crippen LogP contribution in [-0.4, -0.2) is 94.0 Å². The van der Waals surface area contributed by atoms with E-state index in [4.69, 9.17) is 0 Å². The number of aldehydes is 1. The predicted octanol–water partition coefficient (Wildman–Crippen LogP) is 1.08. The average Bonchev–Trinajstić information content (AvgIpc) is 2.55. The molecule has 0 unspecified atom stereocenters. The normalized spacial score (nSPS) is 24.7. The van der Waals surface area contributed by atoms with Crippen LogP contribution in [0.1, 0.15) is 62.3 Å². The lowest BCUT2D eigenvalue weighted by molar-refractivity contribution is -0.157. The Morgan fingerprint density at radius 3 is 1.97 bits per heavy atom. The molecule has 2 rings (SSSR count). The maximum Gasteiger partial charge on any atom is 0.242 e. The zero-order valence-electron chi connectivity index (χ0n) is 20.4. The van der Waals surface area contributed by atoms with Crippen molar-refractivity contribution in [3.05, 3.63) is 0 Å². The number of Topliss-reactive ketones (excluding diaryl/α,β-unsaturated/α-hetero) is 1. The molecule has 0 aromatic rings. The van der Waals surface area contributed by atoms with Crippen molar-refractivity contribution in [3.63, 3.8) is 0 Å². The summed E-state index contributed by atoms with van der Waals surface area (Å²) in [5.41, 5.74) is -1.37. The molecule has 2 aliphatic rings. The van der Waals surface area contributed by atoms with Gasteiger partial charge in [0.05, 0.1) is 24.2 Å². The molecule has 0 aliphatic carbocycles. The van der Waals surface area contributed by atoms with E-state index in [0.717, 1.165) is 6.29 Å². The SMILES string of the molecule is CC(=O)CN1CC(C)(C)NC(C)(C)C1=O.CN1C(C)(C)CN(CC=O)C(=O)C1(C)C. The Hall–Kier alpha value is -1.80. The first-order valence-corrected chi connectivity index (χ1v) is 10.4. The third kappa shape index (κ3) is 5.88. The fourth-order valence-electron chi connectivity index (χ4n) is 4.45. The average molecular weight is 425 g/mol. The molecule has 0 aromatic carbocycles. The number of carbonyl (C=O) groups excluding carboxylic acids is 4. The molecular weight excluding hydrogens is 384 g/mol. The van der Waals surface area contributed by atoms with E-state index in [9.17, 15) is 19.2 Å². The van der Waals surface area contributed by atoms with E-state index in [0.29, 0.717) is 13.1 Å². The molecule has 0 radical (unpaired) electrons. The van der Waals surface area contributed by atoms with Crippen LogP contribution in [-0.2, 0) is 19.2 Å². The van der Waals surface area contributed by atoms with Gasteiger partial charge in [-0.1, -0.05) is 0 Å². The van der Waals surface area contributed by atoms with Gasteiger partial charge in [-0.05, 0) is 69.4 Å². The smallest absolute Gasteiger partial charge is 0.242 e. The molecule has 2 saturated heterocycles. The number of hydrogen-bond acceptors (Lipinski definition) is 6. The summed E-state index contributed by atoms with van der Waals surface area (Å²) >= 11 is 0. The van der Waals surface area contributed by atoms with Crippen LogP contribution >= 0.6 is 0 Å². The summed E-state index contributed by atoms with van der Waals surface area (Å²) in [6.45, 7) is 18.8. The lowest BCUT2D eigenvalue weighted by Crippen LogP contribution is -2.70. The standard InChI is InChI=1S/2C11H20N2O2/c1-8(14)6-13-7-10(2,3)12-11(4,5)9(13)15;1-10(2)8-13(6-7-14)9(15)11(3,4)12(10)5/h12H,6-7H2,1-5H3;7H,6,8H2,1-5H3. The van der Waals surface area contributed by atoms with E-state index in [-0.39, 0.29) is 41.8 Å². The first-order valence-electron chi connectivity index (χ1n) is 10.4. The number of hydrogen-bond donors (Lipinski definition) is 1. The number of ketones is 1. The molecule has 1 N–H and O–H groups in total. The molecule has 8 heteroatoms. The van der Waals surface area contributed by atoms with Crippen LogP contribution in [0.15, 0.2) is 0 Å². The van der Waals surface area contributed by atoms with Crippen LogP contribution < -0.4 is 5.32 Å². The van der Waals surface area contributed by atoms with Crippen molar-refractivity contribution in [2.45, 2.75) is 84.5 Å². The van der Waals surface area contributed by atoms with Gasteiger partial charge in [0.1, 0.15) is 12.1 Å². The van der Waals surface area contributed by atoms with Gasteiger partial charge in [0.2, 0.25) is 11.8 Å². The summed E-state index contributed by atoms with van der Waals surface area (Å²) in [7, 11) is 1.95. The van der Waals surface area contributed by atoms with Gasteiger partial charge in [-0.2, -0.15) is 0 Å². The zero-order valence-corrected chi connectivity index (χ0v) is 20.4. The Bertz CT molecular complexity index is 697. The van der Waals surface area contributed by atoms with Crippen LogP contribution in [0.3, 0.4) is 0 Å². The molecule has 2 fully saturated rings. The Kier molecular flexibility index (Phi) is 7.65. The van der Waals surface area contributed by atoms with Crippen LogP contribution in [0, 0.1) is 0 Å². The molecule has 30 heavy (non-hydrogen) atoms. The van der Waals surface area contributed by atoms with E-state index < -0.39 is 11.1 Å². The fraction of sp³-hybridized carbons (Fsp3) is 0.818.